The zero-order valence-corrected chi connectivity index (χ0v) is 12.0. The van der Waals surface area contributed by atoms with Gasteiger partial charge in [-0.1, -0.05) is 6.07 Å². The Hall–Kier alpha value is -1.33. The second-order valence-electron chi connectivity index (χ2n) is 4.87. The van der Waals surface area contributed by atoms with E-state index >= 15 is 0 Å². The maximum Gasteiger partial charge on any atom is 0.178 e. The van der Waals surface area contributed by atoms with Gasteiger partial charge in [0.1, 0.15) is 11.3 Å². The van der Waals surface area contributed by atoms with Gasteiger partial charge in [0.15, 0.2) is 4.77 Å². The number of rotatable bonds is 4. The van der Waals surface area contributed by atoms with E-state index in [9.17, 15) is 0 Å². The lowest BCUT2D eigenvalue weighted by molar-refractivity contribution is 0.00698. The lowest BCUT2D eigenvalue weighted by atomic mass is 9.89. The lowest BCUT2D eigenvalue weighted by Gasteiger charge is -2.35. The average molecular weight is 278 g/mol. The molecular formula is C14H18N2O2S. The molecule has 1 fully saturated rings. The van der Waals surface area contributed by atoms with E-state index in [1.54, 1.807) is 7.11 Å². The molecule has 0 amide bonds. The molecule has 4 nitrogen and oxygen atoms in total. The highest BCUT2D eigenvalue weighted by molar-refractivity contribution is 7.71. The van der Waals surface area contributed by atoms with Crippen LogP contribution in [0.5, 0.6) is 5.75 Å². The van der Waals surface area contributed by atoms with Gasteiger partial charge >= 0.3 is 0 Å². The summed E-state index contributed by atoms with van der Waals surface area (Å²) in [6.07, 6.45) is 2.42. The van der Waals surface area contributed by atoms with E-state index in [1.807, 2.05) is 19.1 Å². The van der Waals surface area contributed by atoms with Crippen molar-refractivity contribution >= 4 is 23.3 Å². The predicted molar refractivity (Wildman–Crippen MR) is 77.4 cm³/mol. The summed E-state index contributed by atoms with van der Waals surface area (Å²) in [5, 5.41) is 0. The van der Waals surface area contributed by atoms with Crippen molar-refractivity contribution in [1.29, 1.82) is 0 Å². The van der Waals surface area contributed by atoms with Gasteiger partial charge in [-0.25, -0.2) is 0 Å². The van der Waals surface area contributed by atoms with Crippen LogP contribution in [0.15, 0.2) is 18.2 Å². The smallest absolute Gasteiger partial charge is 0.178 e. The van der Waals surface area contributed by atoms with E-state index in [0.717, 1.165) is 34.4 Å². The number of para-hydroxylation sites is 1. The predicted octanol–water partition coefficient (Wildman–Crippen LogP) is 3.45. The van der Waals surface area contributed by atoms with Crippen LogP contribution in [0.25, 0.3) is 11.0 Å². The van der Waals surface area contributed by atoms with Gasteiger partial charge in [0.2, 0.25) is 0 Å². The molecule has 1 N–H and O–H groups in total. The summed E-state index contributed by atoms with van der Waals surface area (Å²) in [6, 6.07) is 6.51. The van der Waals surface area contributed by atoms with Crippen molar-refractivity contribution in [3.05, 3.63) is 23.0 Å². The van der Waals surface area contributed by atoms with Gasteiger partial charge in [0.05, 0.1) is 18.2 Å². The van der Waals surface area contributed by atoms with Gasteiger partial charge in [0, 0.05) is 13.2 Å². The van der Waals surface area contributed by atoms with E-state index in [1.165, 1.54) is 0 Å². The van der Waals surface area contributed by atoms with Gasteiger partial charge in [-0.05, 0) is 44.1 Å². The fourth-order valence-corrected chi connectivity index (χ4v) is 3.05. The Kier molecular flexibility index (Phi) is 3.33. The third kappa shape index (κ3) is 2.07. The Morgan fingerprint density at radius 3 is 2.89 bits per heavy atom. The minimum Gasteiger partial charge on any atom is -0.492 e. The second-order valence-corrected chi connectivity index (χ2v) is 5.25. The minimum absolute atomic E-state index is 0.368. The molecule has 1 aromatic carbocycles. The van der Waals surface area contributed by atoms with Crippen LogP contribution in [0.4, 0.5) is 0 Å². The molecule has 1 saturated carbocycles. The first-order chi connectivity index (χ1) is 9.24. The molecule has 0 saturated heterocycles. The van der Waals surface area contributed by atoms with Crippen molar-refractivity contribution in [2.75, 3.05) is 13.7 Å². The number of ether oxygens (including phenoxy) is 2. The molecule has 5 heteroatoms. The highest BCUT2D eigenvalue weighted by Crippen LogP contribution is 2.37. The first-order valence-electron chi connectivity index (χ1n) is 6.63. The molecule has 0 atom stereocenters. The maximum atomic E-state index is 5.65. The Morgan fingerprint density at radius 2 is 2.21 bits per heavy atom. The Morgan fingerprint density at radius 1 is 1.42 bits per heavy atom. The van der Waals surface area contributed by atoms with Crippen molar-refractivity contribution in [2.24, 2.45) is 0 Å². The molecule has 1 aromatic heterocycles. The first kappa shape index (κ1) is 12.7. The molecule has 102 valence electrons. The molecule has 0 spiro atoms. The number of hydrogen-bond donors (Lipinski definition) is 1. The van der Waals surface area contributed by atoms with Crippen LogP contribution in [0, 0.1) is 4.77 Å². The molecule has 2 aromatic rings. The van der Waals surface area contributed by atoms with Gasteiger partial charge in [0.25, 0.3) is 0 Å². The van der Waals surface area contributed by atoms with Crippen LogP contribution in [0.2, 0.25) is 0 Å². The van der Waals surface area contributed by atoms with Gasteiger partial charge in [-0.3, -0.25) is 0 Å². The van der Waals surface area contributed by atoms with Crippen molar-refractivity contribution in [3.63, 3.8) is 0 Å². The number of aromatic amines is 1. The number of methoxy groups -OCH3 is 1. The van der Waals surface area contributed by atoms with Crippen molar-refractivity contribution < 1.29 is 9.47 Å². The minimum atomic E-state index is 0.368. The topological polar surface area (TPSA) is 39.2 Å². The van der Waals surface area contributed by atoms with Crippen LogP contribution >= 0.6 is 12.2 Å². The highest BCUT2D eigenvalue weighted by atomic mass is 32.1. The molecular weight excluding hydrogens is 260 g/mol. The highest BCUT2D eigenvalue weighted by Gasteiger charge is 2.32. The van der Waals surface area contributed by atoms with Crippen molar-refractivity contribution in [2.45, 2.75) is 31.9 Å². The molecule has 19 heavy (non-hydrogen) atoms. The summed E-state index contributed by atoms with van der Waals surface area (Å²) in [5.41, 5.74) is 2.12. The fourth-order valence-electron chi connectivity index (χ4n) is 2.70. The monoisotopic (exact) mass is 278 g/mol. The summed E-state index contributed by atoms with van der Waals surface area (Å²) in [7, 11) is 1.77. The van der Waals surface area contributed by atoms with Crippen molar-refractivity contribution in [1.82, 2.24) is 9.55 Å². The third-order valence-electron chi connectivity index (χ3n) is 3.78. The SMILES string of the molecule is CCOc1cccc2c1[nH]c(=S)n2C1CC(OC)C1. The number of benzene rings is 1. The number of nitrogens with zero attached hydrogens (tertiary/aromatic N) is 1. The third-order valence-corrected chi connectivity index (χ3v) is 4.08. The maximum absolute atomic E-state index is 5.65. The van der Waals surface area contributed by atoms with Crippen LogP contribution in [0.1, 0.15) is 25.8 Å². The summed E-state index contributed by atoms with van der Waals surface area (Å²) < 4.78 is 14.0. The van der Waals surface area contributed by atoms with E-state index < -0.39 is 0 Å². The van der Waals surface area contributed by atoms with E-state index in [-0.39, 0.29) is 0 Å². The number of imidazole rings is 1. The Balaban J connectivity index is 2.03. The molecule has 1 aliphatic carbocycles. The largest absolute Gasteiger partial charge is 0.492 e. The number of hydrogen-bond acceptors (Lipinski definition) is 3. The quantitative estimate of drug-likeness (QED) is 0.871. The summed E-state index contributed by atoms with van der Waals surface area (Å²) in [4.78, 5) is 3.27. The van der Waals surface area contributed by atoms with E-state index in [2.05, 4.69) is 15.6 Å². The van der Waals surface area contributed by atoms with Crippen molar-refractivity contribution in [3.8, 4) is 5.75 Å². The zero-order chi connectivity index (χ0) is 13.4. The number of fused-ring (bicyclic) bond motifs is 1. The van der Waals surface area contributed by atoms with E-state index in [0.29, 0.717) is 18.8 Å². The molecule has 3 rings (SSSR count). The number of nitrogens with one attached hydrogen (secondary N) is 1. The molecule has 0 radical (unpaired) electrons. The molecule has 0 bridgehead atoms. The molecule has 0 unspecified atom stereocenters. The number of aromatic nitrogens is 2. The molecule has 1 aliphatic rings. The summed E-state index contributed by atoms with van der Waals surface area (Å²) in [5.74, 6) is 0.868. The fraction of sp³-hybridized carbons (Fsp3) is 0.500. The summed E-state index contributed by atoms with van der Waals surface area (Å²) in [6.45, 7) is 2.64. The standard InChI is InChI=1S/C14H18N2O2S/c1-3-18-12-6-4-5-11-13(12)15-14(19)16(11)9-7-10(8-9)17-2/h4-6,9-10H,3,7-8H2,1-2H3,(H,15,19). The van der Waals surface area contributed by atoms with Crippen LogP contribution in [-0.2, 0) is 4.74 Å². The Labute approximate surface area is 117 Å². The molecule has 1 heterocycles. The van der Waals surface area contributed by atoms with Crippen LogP contribution in [0.3, 0.4) is 0 Å². The number of H-pyrrole nitrogens is 1. The van der Waals surface area contributed by atoms with E-state index in [4.69, 9.17) is 21.7 Å². The zero-order valence-electron chi connectivity index (χ0n) is 11.2. The first-order valence-corrected chi connectivity index (χ1v) is 7.04. The average Bonchev–Trinajstić information content (AvgIpc) is 2.67. The lowest BCUT2D eigenvalue weighted by Crippen LogP contribution is -2.32. The van der Waals surface area contributed by atoms with Gasteiger partial charge in [-0.2, -0.15) is 0 Å². The normalized spacial score (nSPS) is 22.4. The van der Waals surface area contributed by atoms with Gasteiger partial charge in [-0.15, -0.1) is 0 Å². The van der Waals surface area contributed by atoms with Crippen LogP contribution < -0.4 is 4.74 Å². The van der Waals surface area contributed by atoms with Crippen LogP contribution in [-0.4, -0.2) is 29.4 Å². The molecule has 0 aliphatic heterocycles. The van der Waals surface area contributed by atoms with Gasteiger partial charge < -0.3 is 19.0 Å². The second kappa shape index (κ2) is 4.98. The summed E-state index contributed by atoms with van der Waals surface area (Å²) >= 11 is 5.46. The Bertz CT molecular complexity index is 640.